The van der Waals surface area contributed by atoms with Crippen LogP contribution in [0.5, 0.6) is 0 Å². The average Bonchev–Trinajstić information content (AvgIpc) is 1.82. The molecule has 12 heavy (non-hydrogen) atoms. The van der Waals surface area contributed by atoms with Crippen LogP contribution in [0.4, 0.5) is 0 Å². The molecule has 0 aromatic heterocycles. The summed E-state index contributed by atoms with van der Waals surface area (Å²) in [5.74, 6) is 1.80. The van der Waals surface area contributed by atoms with Crippen LogP contribution in [0.3, 0.4) is 0 Å². The van der Waals surface area contributed by atoms with Crippen molar-refractivity contribution in [1.29, 1.82) is 0 Å². The van der Waals surface area contributed by atoms with E-state index in [1.165, 1.54) is 6.42 Å². The molecule has 0 aliphatic heterocycles. The van der Waals surface area contributed by atoms with Gasteiger partial charge in [0, 0.05) is 0 Å². The molecule has 0 aromatic rings. The van der Waals surface area contributed by atoms with Crippen LogP contribution in [0.1, 0.15) is 47.0 Å². The highest BCUT2D eigenvalue weighted by atomic mass is 16.3. The van der Waals surface area contributed by atoms with Crippen LogP contribution in [-0.2, 0) is 0 Å². The second-order valence-corrected chi connectivity index (χ2v) is 5.11. The molecule has 1 rings (SSSR count). The molecule has 0 spiro atoms. The van der Waals surface area contributed by atoms with Gasteiger partial charge in [-0.2, -0.15) is 0 Å². The Morgan fingerprint density at radius 3 is 1.92 bits per heavy atom. The third kappa shape index (κ3) is 2.01. The van der Waals surface area contributed by atoms with Crippen LogP contribution in [0.15, 0.2) is 0 Å². The Morgan fingerprint density at radius 2 is 1.58 bits per heavy atom. The maximum absolute atomic E-state index is 10.3. The van der Waals surface area contributed by atoms with E-state index in [2.05, 4.69) is 27.7 Å². The Kier molecular flexibility index (Phi) is 2.82. The largest absolute Gasteiger partial charge is 0.390 e. The molecule has 72 valence electrons. The zero-order chi connectivity index (χ0) is 9.35. The van der Waals surface area contributed by atoms with Crippen molar-refractivity contribution in [2.24, 2.45) is 17.8 Å². The van der Waals surface area contributed by atoms with E-state index in [0.29, 0.717) is 17.8 Å². The van der Waals surface area contributed by atoms with E-state index in [4.69, 9.17) is 0 Å². The highest BCUT2D eigenvalue weighted by molar-refractivity contribution is 4.89. The highest BCUT2D eigenvalue weighted by Crippen LogP contribution is 2.39. The average molecular weight is 170 g/mol. The first-order chi connectivity index (χ1) is 5.44. The zero-order valence-electron chi connectivity index (χ0n) is 8.80. The van der Waals surface area contributed by atoms with Gasteiger partial charge in [0.1, 0.15) is 0 Å². The van der Waals surface area contributed by atoms with Crippen molar-refractivity contribution in [3.63, 3.8) is 0 Å². The zero-order valence-corrected chi connectivity index (χ0v) is 8.80. The first-order valence-electron chi connectivity index (χ1n) is 5.16. The van der Waals surface area contributed by atoms with E-state index < -0.39 is 0 Å². The van der Waals surface area contributed by atoms with Gasteiger partial charge in [0.15, 0.2) is 0 Å². The van der Waals surface area contributed by atoms with Crippen LogP contribution in [0.2, 0.25) is 0 Å². The van der Waals surface area contributed by atoms with Gasteiger partial charge >= 0.3 is 0 Å². The molecule has 0 heterocycles. The fourth-order valence-electron chi connectivity index (χ4n) is 2.62. The maximum atomic E-state index is 10.3. The third-order valence-corrected chi connectivity index (χ3v) is 3.28. The summed E-state index contributed by atoms with van der Waals surface area (Å²) in [6.07, 6.45) is 3.28. The predicted molar refractivity (Wildman–Crippen MR) is 52.0 cm³/mol. The molecule has 1 saturated carbocycles. The molecule has 0 bridgehead atoms. The fourth-order valence-corrected chi connectivity index (χ4v) is 2.62. The molecule has 0 radical (unpaired) electrons. The van der Waals surface area contributed by atoms with Gasteiger partial charge in [0.05, 0.1) is 5.60 Å². The maximum Gasteiger partial charge on any atom is 0.0675 e. The summed E-state index contributed by atoms with van der Waals surface area (Å²) in [7, 11) is 0. The first kappa shape index (κ1) is 10.0. The Morgan fingerprint density at radius 1 is 1.17 bits per heavy atom. The van der Waals surface area contributed by atoms with Crippen LogP contribution < -0.4 is 0 Å². The molecular formula is C11H22O. The minimum atomic E-state index is -0.378. The summed E-state index contributed by atoms with van der Waals surface area (Å²) in [5.41, 5.74) is -0.378. The second kappa shape index (κ2) is 3.37. The van der Waals surface area contributed by atoms with E-state index in [0.717, 1.165) is 12.8 Å². The van der Waals surface area contributed by atoms with Crippen molar-refractivity contribution in [2.75, 3.05) is 0 Å². The van der Waals surface area contributed by atoms with Crippen molar-refractivity contribution in [2.45, 2.75) is 52.6 Å². The summed E-state index contributed by atoms with van der Waals surface area (Å²) >= 11 is 0. The van der Waals surface area contributed by atoms with E-state index in [9.17, 15) is 5.11 Å². The van der Waals surface area contributed by atoms with Crippen molar-refractivity contribution in [3.05, 3.63) is 0 Å². The van der Waals surface area contributed by atoms with E-state index in [-0.39, 0.29) is 5.60 Å². The molecule has 0 aromatic carbocycles. The molecular weight excluding hydrogens is 148 g/mol. The lowest BCUT2D eigenvalue weighted by atomic mass is 9.69. The lowest BCUT2D eigenvalue weighted by Crippen LogP contribution is -2.42. The minimum Gasteiger partial charge on any atom is -0.390 e. The van der Waals surface area contributed by atoms with Gasteiger partial charge in [-0.3, -0.25) is 0 Å². The molecule has 1 nitrogen and oxygen atoms in total. The Balaban J connectivity index is 2.65. The minimum absolute atomic E-state index is 0.378. The van der Waals surface area contributed by atoms with Gasteiger partial charge in [-0.25, -0.2) is 0 Å². The summed E-state index contributed by atoms with van der Waals surface area (Å²) in [6, 6.07) is 0. The van der Waals surface area contributed by atoms with Crippen LogP contribution in [-0.4, -0.2) is 10.7 Å². The van der Waals surface area contributed by atoms with Gasteiger partial charge in [0.25, 0.3) is 0 Å². The standard InChI is InChI=1S/C11H22O/c1-8(2)11(12)6-9(3)5-10(4)7-11/h8-10,12H,5-7H2,1-4H3. The van der Waals surface area contributed by atoms with Crippen molar-refractivity contribution >= 4 is 0 Å². The predicted octanol–water partition coefficient (Wildman–Crippen LogP) is 2.83. The quantitative estimate of drug-likeness (QED) is 0.641. The smallest absolute Gasteiger partial charge is 0.0675 e. The molecule has 1 aliphatic carbocycles. The molecule has 1 heteroatoms. The second-order valence-electron chi connectivity index (χ2n) is 5.11. The van der Waals surface area contributed by atoms with E-state index in [1.54, 1.807) is 0 Å². The molecule has 1 aliphatic rings. The number of hydrogen-bond donors (Lipinski definition) is 1. The number of hydrogen-bond acceptors (Lipinski definition) is 1. The van der Waals surface area contributed by atoms with E-state index in [1.807, 2.05) is 0 Å². The lowest BCUT2D eigenvalue weighted by Gasteiger charge is -2.41. The van der Waals surface area contributed by atoms with Gasteiger partial charge in [-0.15, -0.1) is 0 Å². The normalized spacial score (nSPS) is 43.5. The summed E-state index contributed by atoms with van der Waals surface area (Å²) < 4.78 is 0. The Labute approximate surface area is 76.2 Å². The van der Waals surface area contributed by atoms with Crippen molar-refractivity contribution in [1.82, 2.24) is 0 Å². The van der Waals surface area contributed by atoms with Gasteiger partial charge in [0.2, 0.25) is 0 Å². The highest BCUT2D eigenvalue weighted by Gasteiger charge is 2.38. The number of rotatable bonds is 1. The third-order valence-electron chi connectivity index (χ3n) is 3.28. The van der Waals surface area contributed by atoms with Crippen molar-refractivity contribution in [3.8, 4) is 0 Å². The van der Waals surface area contributed by atoms with E-state index >= 15 is 0 Å². The van der Waals surface area contributed by atoms with Gasteiger partial charge in [-0.1, -0.05) is 27.7 Å². The molecule has 2 unspecified atom stereocenters. The van der Waals surface area contributed by atoms with Gasteiger partial charge < -0.3 is 5.11 Å². The van der Waals surface area contributed by atoms with Crippen LogP contribution in [0.25, 0.3) is 0 Å². The molecule has 0 amide bonds. The molecule has 0 saturated heterocycles. The Bertz CT molecular complexity index is 141. The first-order valence-corrected chi connectivity index (χ1v) is 5.16. The van der Waals surface area contributed by atoms with Crippen LogP contribution >= 0.6 is 0 Å². The van der Waals surface area contributed by atoms with Gasteiger partial charge in [-0.05, 0) is 37.0 Å². The lowest BCUT2D eigenvalue weighted by molar-refractivity contribution is -0.0668. The molecule has 1 fully saturated rings. The number of aliphatic hydroxyl groups is 1. The molecule has 1 N–H and O–H groups in total. The van der Waals surface area contributed by atoms with Crippen molar-refractivity contribution < 1.29 is 5.11 Å². The fraction of sp³-hybridized carbons (Fsp3) is 1.00. The summed E-state index contributed by atoms with van der Waals surface area (Å²) in [6.45, 7) is 8.77. The monoisotopic (exact) mass is 170 g/mol. The summed E-state index contributed by atoms with van der Waals surface area (Å²) in [5, 5.41) is 10.3. The Hall–Kier alpha value is -0.0400. The van der Waals surface area contributed by atoms with Crippen LogP contribution in [0, 0.1) is 17.8 Å². The molecule has 2 atom stereocenters. The SMILES string of the molecule is CC1CC(C)CC(O)(C(C)C)C1. The summed E-state index contributed by atoms with van der Waals surface area (Å²) in [4.78, 5) is 0. The topological polar surface area (TPSA) is 20.2 Å².